The molecule has 2 N–H and O–H groups in total. The molecular formula is C14H26N2O. The van der Waals surface area contributed by atoms with E-state index < -0.39 is 0 Å². The summed E-state index contributed by atoms with van der Waals surface area (Å²) in [6.07, 6.45) is 1.18. The Kier molecular flexibility index (Phi) is 5.22. The molecule has 0 aliphatic carbocycles. The van der Waals surface area contributed by atoms with Crippen LogP contribution < -0.4 is 5.73 Å². The number of nitrogens with zero attached hydrogens (tertiary/aromatic N) is 1. The molecule has 0 aromatic carbocycles. The van der Waals surface area contributed by atoms with E-state index in [1.807, 2.05) is 26.0 Å². The minimum absolute atomic E-state index is 0.0673. The van der Waals surface area contributed by atoms with Gasteiger partial charge in [-0.05, 0) is 51.9 Å². The Balaban J connectivity index is 2.72. The number of nitrogens with two attached hydrogens (primary N) is 1. The van der Waals surface area contributed by atoms with Crippen molar-refractivity contribution in [1.82, 2.24) is 4.90 Å². The van der Waals surface area contributed by atoms with Crippen LogP contribution in [0.2, 0.25) is 0 Å². The van der Waals surface area contributed by atoms with Crippen molar-refractivity contribution in [2.45, 2.75) is 46.2 Å². The Bertz CT molecular complexity index is 331. The van der Waals surface area contributed by atoms with E-state index in [1.165, 1.54) is 6.42 Å². The molecule has 1 aromatic heterocycles. The van der Waals surface area contributed by atoms with Crippen LogP contribution in [0.4, 0.5) is 0 Å². The second-order valence-corrected chi connectivity index (χ2v) is 5.42. The van der Waals surface area contributed by atoms with Crippen molar-refractivity contribution in [1.29, 1.82) is 0 Å². The largest absolute Gasteiger partial charge is 0.465 e. The number of likely N-dealkylation sites (N-methyl/N-ethyl adjacent to an activating group) is 1. The molecule has 2 atom stereocenters. The number of rotatable bonds is 6. The first-order valence-electron chi connectivity index (χ1n) is 6.44. The second kappa shape index (κ2) is 6.22. The molecule has 1 rings (SSSR count). The van der Waals surface area contributed by atoms with Crippen molar-refractivity contribution < 1.29 is 4.42 Å². The summed E-state index contributed by atoms with van der Waals surface area (Å²) in [5.41, 5.74) is 6.08. The highest BCUT2D eigenvalue weighted by Crippen LogP contribution is 2.24. The Morgan fingerprint density at radius 3 is 2.35 bits per heavy atom. The van der Waals surface area contributed by atoms with Gasteiger partial charge in [0.05, 0.1) is 6.04 Å². The van der Waals surface area contributed by atoms with Gasteiger partial charge in [-0.2, -0.15) is 0 Å². The fourth-order valence-electron chi connectivity index (χ4n) is 2.09. The molecular weight excluding hydrogens is 212 g/mol. The van der Waals surface area contributed by atoms with E-state index in [0.717, 1.165) is 18.1 Å². The van der Waals surface area contributed by atoms with Crippen molar-refractivity contribution in [3.05, 3.63) is 23.7 Å². The Morgan fingerprint density at radius 1 is 1.29 bits per heavy atom. The van der Waals surface area contributed by atoms with Crippen molar-refractivity contribution in [3.63, 3.8) is 0 Å². The lowest BCUT2D eigenvalue weighted by atomic mass is 10.0. The summed E-state index contributed by atoms with van der Waals surface area (Å²) in [6.45, 7) is 9.53. The van der Waals surface area contributed by atoms with Crippen molar-refractivity contribution in [2.75, 3.05) is 13.6 Å². The quantitative estimate of drug-likeness (QED) is 0.828. The van der Waals surface area contributed by atoms with Crippen LogP contribution in [0.15, 0.2) is 16.5 Å². The number of aryl methyl sites for hydroxylation is 1. The predicted molar refractivity (Wildman–Crippen MR) is 71.9 cm³/mol. The summed E-state index contributed by atoms with van der Waals surface area (Å²) in [4.78, 5) is 2.29. The summed E-state index contributed by atoms with van der Waals surface area (Å²) in [6, 6.07) is 4.27. The standard InChI is InChI=1S/C14H26N2O/c1-10(2)8-9-16(5)14(12(4)15)13-7-6-11(3)17-13/h6-7,10,12,14H,8-9,15H2,1-5H3. The number of furan rings is 1. The zero-order valence-electron chi connectivity index (χ0n) is 11.7. The predicted octanol–water partition coefficient (Wildman–Crippen LogP) is 2.95. The Morgan fingerprint density at radius 2 is 1.94 bits per heavy atom. The molecule has 0 saturated heterocycles. The van der Waals surface area contributed by atoms with Gasteiger partial charge >= 0.3 is 0 Å². The van der Waals surface area contributed by atoms with E-state index in [-0.39, 0.29) is 12.1 Å². The van der Waals surface area contributed by atoms with Gasteiger partial charge in [-0.3, -0.25) is 4.90 Å². The summed E-state index contributed by atoms with van der Waals surface area (Å²) in [5.74, 6) is 2.64. The third kappa shape index (κ3) is 4.17. The average molecular weight is 238 g/mol. The van der Waals surface area contributed by atoms with Crippen LogP contribution in [0.5, 0.6) is 0 Å². The third-order valence-corrected chi connectivity index (χ3v) is 3.08. The fourth-order valence-corrected chi connectivity index (χ4v) is 2.09. The Labute approximate surface area is 105 Å². The van der Waals surface area contributed by atoms with Gasteiger partial charge in [-0.1, -0.05) is 13.8 Å². The smallest absolute Gasteiger partial charge is 0.122 e. The van der Waals surface area contributed by atoms with Crippen molar-refractivity contribution in [3.8, 4) is 0 Å². The van der Waals surface area contributed by atoms with Gasteiger partial charge in [0.1, 0.15) is 11.5 Å². The molecule has 0 aliphatic heterocycles. The molecule has 0 amide bonds. The van der Waals surface area contributed by atoms with Crippen molar-refractivity contribution in [2.24, 2.45) is 11.7 Å². The van der Waals surface area contributed by atoms with Crippen molar-refractivity contribution >= 4 is 0 Å². The average Bonchev–Trinajstić information content (AvgIpc) is 2.61. The molecule has 0 radical (unpaired) electrons. The van der Waals surface area contributed by atoms with E-state index in [2.05, 4.69) is 25.8 Å². The molecule has 3 nitrogen and oxygen atoms in total. The lowest BCUT2D eigenvalue weighted by Crippen LogP contribution is -2.37. The maximum absolute atomic E-state index is 6.08. The lowest BCUT2D eigenvalue weighted by molar-refractivity contribution is 0.181. The molecule has 17 heavy (non-hydrogen) atoms. The first-order chi connectivity index (χ1) is 7.91. The van der Waals surface area contributed by atoms with Crippen LogP contribution in [0, 0.1) is 12.8 Å². The van der Waals surface area contributed by atoms with Crippen LogP contribution >= 0.6 is 0 Å². The monoisotopic (exact) mass is 238 g/mol. The van der Waals surface area contributed by atoms with Gasteiger partial charge in [0, 0.05) is 6.04 Å². The minimum atomic E-state index is 0.0673. The van der Waals surface area contributed by atoms with Crippen LogP contribution in [0.1, 0.15) is 44.8 Å². The lowest BCUT2D eigenvalue weighted by Gasteiger charge is -2.29. The topological polar surface area (TPSA) is 42.4 Å². The molecule has 0 fully saturated rings. The summed E-state index contributed by atoms with van der Waals surface area (Å²) < 4.78 is 5.71. The number of hydrogen-bond acceptors (Lipinski definition) is 3. The van der Waals surface area contributed by atoms with E-state index >= 15 is 0 Å². The summed E-state index contributed by atoms with van der Waals surface area (Å²) in [7, 11) is 2.12. The zero-order chi connectivity index (χ0) is 13.0. The fraction of sp³-hybridized carbons (Fsp3) is 0.714. The van der Waals surface area contributed by atoms with E-state index in [4.69, 9.17) is 10.2 Å². The summed E-state index contributed by atoms with van der Waals surface area (Å²) >= 11 is 0. The highest BCUT2D eigenvalue weighted by Gasteiger charge is 2.23. The third-order valence-electron chi connectivity index (χ3n) is 3.08. The first kappa shape index (κ1) is 14.3. The van der Waals surface area contributed by atoms with Crippen LogP contribution in [-0.2, 0) is 0 Å². The van der Waals surface area contributed by atoms with Gasteiger partial charge < -0.3 is 10.2 Å². The highest BCUT2D eigenvalue weighted by molar-refractivity contribution is 5.11. The maximum Gasteiger partial charge on any atom is 0.122 e. The molecule has 98 valence electrons. The van der Waals surface area contributed by atoms with Crippen LogP contribution in [0.25, 0.3) is 0 Å². The molecule has 3 heteroatoms. The molecule has 0 bridgehead atoms. The minimum Gasteiger partial charge on any atom is -0.465 e. The van der Waals surface area contributed by atoms with Gasteiger partial charge in [0.15, 0.2) is 0 Å². The highest BCUT2D eigenvalue weighted by atomic mass is 16.3. The van der Waals surface area contributed by atoms with Crippen LogP contribution in [0.3, 0.4) is 0 Å². The second-order valence-electron chi connectivity index (χ2n) is 5.42. The van der Waals surface area contributed by atoms with Gasteiger partial charge in [-0.15, -0.1) is 0 Å². The molecule has 1 heterocycles. The van der Waals surface area contributed by atoms with Gasteiger partial charge in [0.2, 0.25) is 0 Å². The van der Waals surface area contributed by atoms with E-state index in [0.29, 0.717) is 5.92 Å². The molecule has 2 unspecified atom stereocenters. The molecule has 0 spiro atoms. The molecule has 0 aliphatic rings. The molecule has 0 saturated carbocycles. The maximum atomic E-state index is 6.08. The molecule has 1 aromatic rings. The zero-order valence-corrected chi connectivity index (χ0v) is 11.7. The summed E-state index contributed by atoms with van der Waals surface area (Å²) in [5, 5.41) is 0. The van der Waals surface area contributed by atoms with Gasteiger partial charge in [0.25, 0.3) is 0 Å². The van der Waals surface area contributed by atoms with E-state index in [9.17, 15) is 0 Å². The number of hydrogen-bond donors (Lipinski definition) is 1. The SMILES string of the molecule is Cc1ccc(C(C(C)N)N(C)CCC(C)C)o1. The van der Waals surface area contributed by atoms with E-state index in [1.54, 1.807) is 0 Å². The first-order valence-corrected chi connectivity index (χ1v) is 6.44. The van der Waals surface area contributed by atoms with Crippen LogP contribution in [-0.4, -0.2) is 24.5 Å². The normalized spacial score (nSPS) is 15.5. The Hall–Kier alpha value is -0.800. The van der Waals surface area contributed by atoms with Gasteiger partial charge in [-0.25, -0.2) is 0 Å².